The highest BCUT2D eigenvalue weighted by atomic mass is 32.2. The Morgan fingerprint density at radius 3 is 2.23 bits per heavy atom. The second-order valence-corrected chi connectivity index (χ2v) is 8.62. The molecule has 0 radical (unpaired) electrons. The van der Waals surface area contributed by atoms with Gasteiger partial charge in [0, 0.05) is 38.8 Å². The van der Waals surface area contributed by atoms with Gasteiger partial charge in [0.2, 0.25) is 10.0 Å². The molecule has 1 N–H and O–H groups in total. The largest absolute Gasteiger partial charge is 0.304 e. The molecule has 1 fully saturated rings. The molecule has 1 atom stereocenters. The summed E-state index contributed by atoms with van der Waals surface area (Å²) in [7, 11) is -1.41. The summed E-state index contributed by atoms with van der Waals surface area (Å²) in [4.78, 5) is 5.02. The number of nitrogens with one attached hydrogen (secondary N) is 1. The number of hydrogen-bond donors (Lipinski definition) is 1. The lowest BCUT2D eigenvalue weighted by Gasteiger charge is -2.38. The molecule has 2 aromatic carbocycles. The van der Waals surface area contributed by atoms with E-state index < -0.39 is 10.0 Å². The first kappa shape index (κ1) is 19.0. The molecule has 1 heterocycles. The lowest BCUT2D eigenvalue weighted by molar-refractivity contribution is 0.113. The van der Waals surface area contributed by atoms with Crippen molar-refractivity contribution in [3.8, 4) is 0 Å². The summed E-state index contributed by atoms with van der Waals surface area (Å²) in [6.07, 6.45) is 0. The Bertz CT molecular complexity index is 816. The molecule has 6 heteroatoms. The average molecular weight is 374 g/mol. The molecule has 26 heavy (non-hydrogen) atoms. The molecule has 0 saturated carbocycles. The Hall–Kier alpha value is -1.73. The normalized spacial score (nSPS) is 17.9. The molecule has 0 bridgehead atoms. The van der Waals surface area contributed by atoms with Crippen molar-refractivity contribution < 1.29 is 8.42 Å². The Morgan fingerprint density at radius 2 is 1.58 bits per heavy atom. The van der Waals surface area contributed by atoms with Crippen LogP contribution in [0.3, 0.4) is 0 Å². The van der Waals surface area contributed by atoms with E-state index in [1.165, 1.54) is 0 Å². The first-order chi connectivity index (χ1) is 12.5. The molecular formula is C20H27N3O2S. The monoisotopic (exact) mass is 373 g/mol. The van der Waals surface area contributed by atoms with Crippen LogP contribution >= 0.6 is 0 Å². The number of likely N-dealkylation sites (N-methyl/N-ethyl adjacent to an activating group) is 1. The van der Waals surface area contributed by atoms with Crippen molar-refractivity contribution in [3.05, 3.63) is 65.7 Å². The van der Waals surface area contributed by atoms with E-state index in [2.05, 4.69) is 33.7 Å². The fourth-order valence-corrected chi connectivity index (χ4v) is 4.67. The molecule has 1 aliphatic rings. The van der Waals surface area contributed by atoms with Gasteiger partial charge < -0.3 is 4.90 Å². The third-order valence-corrected chi connectivity index (χ3v) is 6.60. The van der Waals surface area contributed by atoms with E-state index in [-0.39, 0.29) is 6.04 Å². The first-order valence-electron chi connectivity index (χ1n) is 9.00. The van der Waals surface area contributed by atoms with E-state index in [0.717, 1.165) is 37.3 Å². The smallest absolute Gasteiger partial charge is 0.240 e. The lowest BCUT2D eigenvalue weighted by Crippen LogP contribution is -2.48. The maximum Gasteiger partial charge on any atom is 0.240 e. The van der Waals surface area contributed by atoms with Crippen LogP contribution in [0.5, 0.6) is 0 Å². The third kappa shape index (κ3) is 4.51. The first-order valence-corrected chi connectivity index (χ1v) is 10.5. The molecule has 0 aliphatic carbocycles. The van der Waals surface area contributed by atoms with Crippen molar-refractivity contribution in [1.82, 2.24) is 14.5 Å². The van der Waals surface area contributed by atoms with Gasteiger partial charge >= 0.3 is 0 Å². The molecule has 1 unspecified atom stereocenters. The predicted octanol–water partition coefficient (Wildman–Crippen LogP) is 2.26. The van der Waals surface area contributed by atoms with Crippen molar-refractivity contribution in [3.63, 3.8) is 0 Å². The standard InChI is InChI=1S/C20H27N3O2S/c1-17-8-6-7-11-20(17)26(24,25)21-16-19(18-9-4-3-5-10-18)23-14-12-22(2)13-15-23/h3-11,19,21H,12-16H2,1-2H3. The summed E-state index contributed by atoms with van der Waals surface area (Å²) < 4.78 is 28.4. The van der Waals surface area contributed by atoms with Crippen LogP contribution in [0.4, 0.5) is 0 Å². The summed E-state index contributed by atoms with van der Waals surface area (Å²) in [5.74, 6) is 0. The topological polar surface area (TPSA) is 52.7 Å². The fourth-order valence-electron chi connectivity index (χ4n) is 3.39. The predicted molar refractivity (Wildman–Crippen MR) is 105 cm³/mol. The Labute approximate surface area is 156 Å². The van der Waals surface area contributed by atoms with E-state index >= 15 is 0 Å². The van der Waals surface area contributed by atoms with Gasteiger partial charge in [0.05, 0.1) is 4.90 Å². The van der Waals surface area contributed by atoms with Gasteiger partial charge in [-0.25, -0.2) is 13.1 Å². The Morgan fingerprint density at radius 1 is 0.962 bits per heavy atom. The van der Waals surface area contributed by atoms with Crippen LogP contribution in [0.1, 0.15) is 17.2 Å². The van der Waals surface area contributed by atoms with Gasteiger partial charge in [0.15, 0.2) is 0 Å². The number of benzene rings is 2. The number of hydrogen-bond acceptors (Lipinski definition) is 4. The van der Waals surface area contributed by atoms with Crippen molar-refractivity contribution >= 4 is 10.0 Å². The van der Waals surface area contributed by atoms with Crippen LogP contribution in [0, 0.1) is 6.92 Å². The molecule has 0 spiro atoms. The van der Waals surface area contributed by atoms with Crippen LogP contribution in [0.15, 0.2) is 59.5 Å². The zero-order chi connectivity index (χ0) is 18.6. The lowest BCUT2D eigenvalue weighted by atomic mass is 10.0. The minimum Gasteiger partial charge on any atom is -0.304 e. The van der Waals surface area contributed by atoms with Gasteiger partial charge in [-0.15, -0.1) is 0 Å². The number of nitrogens with zero attached hydrogens (tertiary/aromatic N) is 2. The molecule has 2 aromatic rings. The summed E-state index contributed by atoms with van der Waals surface area (Å²) in [6.45, 7) is 6.04. The Balaban J connectivity index is 1.79. The minimum atomic E-state index is -3.53. The van der Waals surface area contributed by atoms with E-state index in [0.29, 0.717) is 11.4 Å². The van der Waals surface area contributed by atoms with Gasteiger partial charge in [-0.05, 0) is 31.2 Å². The van der Waals surface area contributed by atoms with Crippen LogP contribution in [-0.2, 0) is 10.0 Å². The molecule has 0 amide bonds. The highest BCUT2D eigenvalue weighted by Crippen LogP contribution is 2.22. The van der Waals surface area contributed by atoms with Gasteiger partial charge in [0.25, 0.3) is 0 Å². The zero-order valence-corrected chi connectivity index (χ0v) is 16.2. The quantitative estimate of drug-likeness (QED) is 0.844. The number of rotatable bonds is 6. The molecule has 1 saturated heterocycles. The van der Waals surface area contributed by atoms with Crippen molar-refractivity contribution in [2.24, 2.45) is 0 Å². The van der Waals surface area contributed by atoms with Crippen LogP contribution < -0.4 is 4.72 Å². The van der Waals surface area contributed by atoms with Crippen molar-refractivity contribution in [2.45, 2.75) is 17.9 Å². The third-order valence-electron chi connectivity index (χ3n) is 5.01. The minimum absolute atomic E-state index is 0.0312. The highest BCUT2D eigenvalue weighted by Gasteiger charge is 2.26. The molecule has 140 valence electrons. The summed E-state index contributed by atoms with van der Waals surface area (Å²) in [5, 5.41) is 0. The van der Waals surface area contributed by atoms with E-state index in [4.69, 9.17) is 0 Å². The summed E-state index contributed by atoms with van der Waals surface area (Å²) >= 11 is 0. The molecule has 1 aliphatic heterocycles. The van der Waals surface area contributed by atoms with Gasteiger partial charge in [0.1, 0.15) is 0 Å². The number of aryl methyl sites for hydroxylation is 1. The van der Waals surface area contributed by atoms with Gasteiger partial charge in [-0.1, -0.05) is 48.5 Å². The van der Waals surface area contributed by atoms with E-state index in [9.17, 15) is 8.42 Å². The highest BCUT2D eigenvalue weighted by molar-refractivity contribution is 7.89. The van der Waals surface area contributed by atoms with E-state index in [1.807, 2.05) is 37.3 Å². The summed E-state index contributed by atoms with van der Waals surface area (Å²) in [5.41, 5.74) is 1.90. The second kappa shape index (κ2) is 8.31. The van der Waals surface area contributed by atoms with Crippen LogP contribution in [0.2, 0.25) is 0 Å². The Kier molecular flexibility index (Phi) is 6.09. The fraction of sp³-hybridized carbons (Fsp3) is 0.400. The maximum absolute atomic E-state index is 12.8. The molecule has 5 nitrogen and oxygen atoms in total. The van der Waals surface area contributed by atoms with Crippen LogP contribution in [0.25, 0.3) is 0 Å². The van der Waals surface area contributed by atoms with Gasteiger partial charge in [-0.3, -0.25) is 4.90 Å². The molecule has 3 rings (SSSR count). The van der Waals surface area contributed by atoms with Gasteiger partial charge in [-0.2, -0.15) is 0 Å². The second-order valence-electron chi connectivity index (χ2n) is 6.88. The SMILES string of the molecule is Cc1ccccc1S(=O)(=O)NCC(c1ccccc1)N1CCN(C)CC1. The van der Waals surface area contributed by atoms with E-state index in [1.54, 1.807) is 12.1 Å². The summed E-state index contributed by atoms with van der Waals surface area (Å²) in [6, 6.07) is 17.3. The van der Waals surface area contributed by atoms with Crippen molar-refractivity contribution in [1.29, 1.82) is 0 Å². The number of piperazine rings is 1. The number of sulfonamides is 1. The average Bonchev–Trinajstić information content (AvgIpc) is 2.64. The molecular weight excluding hydrogens is 346 g/mol. The zero-order valence-electron chi connectivity index (χ0n) is 15.4. The maximum atomic E-state index is 12.8. The van der Waals surface area contributed by atoms with Crippen LogP contribution in [-0.4, -0.2) is 58.0 Å². The molecule has 0 aromatic heterocycles. The van der Waals surface area contributed by atoms with Crippen molar-refractivity contribution in [2.75, 3.05) is 39.8 Å².